The lowest BCUT2D eigenvalue weighted by molar-refractivity contribution is -0.112. The minimum atomic E-state index is -0.520. The lowest BCUT2D eigenvalue weighted by Gasteiger charge is -2.17. The predicted octanol–water partition coefficient (Wildman–Crippen LogP) is 9.32. The lowest BCUT2D eigenvalue weighted by Crippen LogP contribution is -2.16. The van der Waals surface area contributed by atoms with E-state index in [2.05, 4.69) is 97.3 Å². The van der Waals surface area contributed by atoms with Gasteiger partial charge in [-0.2, -0.15) is 0 Å². The van der Waals surface area contributed by atoms with Crippen molar-refractivity contribution in [3.63, 3.8) is 0 Å². The van der Waals surface area contributed by atoms with Gasteiger partial charge in [-0.05, 0) is 17.5 Å². The van der Waals surface area contributed by atoms with Crippen molar-refractivity contribution in [2.24, 2.45) is 7.05 Å². The van der Waals surface area contributed by atoms with Gasteiger partial charge in [0, 0.05) is 53.2 Å². The van der Waals surface area contributed by atoms with Gasteiger partial charge in [-0.15, -0.1) is 21.5 Å². The third kappa shape index (κ3) is 13.4. The van der Waals surface area contributed by atoms with E-state index in [-0.39, 0.29) is 22.2 Å². The van der Waals surface area contributed by atoms with Crippen molar-refractivity contribution in [3.05, 3.63) is 87.5 Å². The molecule has 5 aromatic rings. The van der Waals surface area contributed by atoms with Crippen molar-refractivity contribution in [3.8, 4) is 0 Å². The van der Waals surface area contributed by atoms with Crippen LogP contribution >= 0.6 is 22.7 Å². The first-order valence-corrected chi connectivity index (χ1v) is 18.6. The van der Waals surface area contributed by atoms with Crippen LogP contribution in [0.2, 0.25) is 0 Å². The van der Waals surface area contributed by atoms with Gasteiger partial charge in [-0.1, -0.05) is 113 Å². The van der Waals surface area contributed by atoms with Gasteiger partial charge in [-0.3, -0.25) is 9.59 Å². The molecule has 11 nitrogen and oxygen atoms in total. The zero-order valence-electron chi connectivity index (χ0n) is 32.7. The number of oxazole rings is 1. The number of aryl methyl sites for hydroxylation is 1. The van der Waals surface area contributed by atoms with Crippen LogP contribution in [0.3, 0.4) is 0 Å². The van der Waals surface area contributed by atoms with Crippen LogP contribution in [-0.4, -0.2) is 41.4 Å². The Morgan fingerprint density at radius 3 is 1.78 bits per heavy atom. The summed E-state index contributed by atoms with van der Waals surface area (Å²) in [5.41, 5.74) is 8.02. The summed E-state index contributed by atoms with van der Waals surface area (Å²) in [5, 5.41) is 15.0. The number of nitrogens with one attached hydrogen (secondary N) is 1. The molecule has 0 radical (unpaired) electrons. The maximum Gasteiger partial charge on any atom is 0.296 e. The van der Waals surface area contributed by atoms with Crippen LogP contribution in [0.4, 0.5) is 10.8 Å². The Balaban J connectivity index is 0.000000224. The number of imidazole rings is 1. The number of thiazole rings is 1. The molecule has 0 bridgehead atoms. The van der Waals surface area contributed by atoms with E-state index in [1.54, 1.807) is 29.9 Å². The second kappa shape index (κ2) is 18.3. The number of carbonyl (C=O) groups is 2. The highest BCUT2D eigenvalue weighted by atomic mass is 32.1. The molecule has 13 heteroatoms. The topological polar surface area (TPSA) is 155 Å². The highest BCUT2D eigenvalue weighted by molar-refractivity contribution is 7.15. The highest BCUT2D eigenvalue weighted by Crippen LogP contribution is 2.30. The molecule has 1 aliphatic rings. The summed E-state index contributed by atoms with van der Waals surface area (Å²) in [6, 6.07) is 5.50. The molecule has 0 atom stereocenters. The number of nitrogens with two attached hydrogens (primary N) is 1. The van der Waals surface area contributed by atoms with E-state index in [0.29, 0.717) is 22.3 Å². The van der Waals surface area contributed by atoms with Crippen molar-refractivity contribution in [2.45, 2.75) is 118 Å². The van der Waals surface area contributed by atoms with Gasteiger partial charge in [0.25, 0.3) is 11.7 Å². The largest absolute Gasteiger partial charge is 0.449 e. The fourth-order valence-electron chi connectivity index (χ4n) is 4.44. The number of amides is 1. The molecule has 0 fully saturated rings. The molecule has 0 spiro atoms. The van der Waals surface area contributed by atoms with E-state index in [1.165, 1.54) is 16.3 Å². The molecule has 0 saturated heterocycles. The van der Waals surface area contributed by atoms with E-state index >= 15 is 0 Å². The van der Waals surface area contributed by atoms with E-state index in [9.17, 15) is 9.59 Å². The first-order chi connectivity index (χ1) is 23.5. The highest BCUT2D eigenvalue weighted by Gasteiger charge is 2.30. The number of benzene rings is 1. The van der Waals surface area contributed by atoms with E-state index in [1.807, 2.05) is 70.8 Å². The summed E-state index contributed by atoms with van der Waals surface area (Å²) in [4.78, 5) is 35.1. The van der Waals surface area contributed by atoms with E-state index < -0.39 is 11.7 Å². The number of Topliss-reactive ketones (excluding diaryl/α,β-unsaturated/α-hetero) is 1. The van der Waals surface area contributed by atoms with Crippen molar-refractivity contribution in [1.29, 1.82) is 0 Å². The summed E-state index contributed by atoms with van der Waals surface area (Å²) in [5.74, 6) is 1.67. The summed E-state index contributed by atoms with van der Waals surface area (Å²) < 4.78 is 7.04. The molecule has 1 aromatic carbocycles. The number of hydrogen-bond acceptors (Lipinski definition) is 11. The van der Waals surface area contributed by atoms with Gasteiger partial charge in [0.05, 0.1) is 22.5 Å². The Bertz CT molecular complexity index is 1790. The average Bonchev–Trinajstić information content (AvgIpc) is 3.85. The number of fused-ring (bicyclic) bond motifs is 1. The smallest absolute Gasteiger partial charge is 0.296 e. The zero-order chi connectivity index (χ0) is 38.7. The molecular weight excluding hydrogens is 681 g/mol. The molecule has 1 aliphatic heterocycles. The normalized spacial score (nSPS) is 12.4. The van der Waals surface area contributed by atoms with E-state index in [4.69, 9.17) is 10.2 Å². The number of nitrogen functional groups attached to an aromatic ring is 1. The van der Waals surface area contributed by atoms with Gasteiger partial charge in [-0.25, -0.2) is 15.0 Å². The van der Waals surface area contributed by atoms with Crippen molar-refractivity contribution >= 4 is 45.2 Å². The monoisotopic (exact) mass is 736 g/mol. The Morgan fingerprint density at radius 2 is 1.45 bits per heavy atom. The minimum absolute atomic E-state index is 0.0787. The number of aromatic nitrogens is 6. The van der Waals surface area contributed by atoms with Gasteiger partial charge in [0.15, 0.2) is 5.89 Å². The number of rotatable bonds is 2. The van der Waals surface area contributed by atoms with Crippen LogP contribution in [0.1, 0.15) is 139 Å². The minimum Gasteiger partial charge on any atom is -0.449 e. The standard InChI is InChI=1S/C11H11NO2.C8H14N2.C7H11NS.C6H11N3S.C6H9NO/c1-6(2)7-4-3-5-8-9(7)10(13)11(14)12-8;1-8(2,3)7-9-5-6-10(7)4;1-7(2,3)6-8-4-5-9-6;1-6(2,3)4-8-9-5(7)10-4;1-5(2)6-7-3-4-8-6/h3-6H,1-2H3,(H,12,13,14);5-6H,1-4H3;4-5H,1-3H3;1-3H3,(H2,7,9);3-5H,1-2H3. The van der Waals surface area contributed by atoms with Crippen LogP contribution in [-0.2, 0) is 28.1 Å². The van der Waals surface area contributed by atoms with Crippen LogP contribution in [0.5, 0.6) is 0 Å². The Kier molecular flexibility index (Phi) is 15.4. The maximum atomic E-state index is 11.5. The SMILES string of the molecule is CC(C)(C)c1nccs1.CC(C)(C)c1nnc(N)s1.CC(C)c1cccc2c1C(=O)C(=O)N2.CC(C)c1ncco1.Cn1ccnc1C(C)(C)C. The Morgan fingerprint density at radius 1 is 0.804 bits per heavy atom. The van der Waals surface area contributed by atoms with Crippen molar-refractivity contribution < 1.29 is 14.0 Å². The number of hydrogen-bond donors (Lipinski definition) is 2. The lowest BCUT2D eigenvalue weighted by atomic mass is 9.95. The molecule has 5 heterocycles. The molecule has 6 rings (SSSR count). The fraction of sp³-hybridized carbons (Fsp3) is 0.500. The first-order valence-electron chi connectivity index (χ1n) is 16.9. The average molecular weight is 737 g/mol. The van der Waals surface area contributed by atoms with Crippen molar-refractivity contribution in [2.75, 3.05) is 11.1 Å². The third-order valence-corrected chi connectivity index (χ3v) is 9.37. The molecule has 4 aromatic heterocycles. The second-order valence-corrected chi connectivity index (χ2v) is 17.5. The molecule has 1 amide bonds. The van der Waals surface area contributed by atoms with E-state index in [0.717, 1.165) is 22.3 Å². The molecule has 0 saturated carbocycles. The maximum absolute atomic E-state index is 11.5. The quantitative estimate of drug-likeness (QED) is 0.169. The van der Waals surface area contributed by atoms with Crippen LogP contribution in [0.15, 0.2) is 59.0 Å². The summed E-state index contributed by atoms with van der Waals surface area (Å²) in [6.07, 6.45) is 8.91. The molecule has 3 N–H and O–H groups in total. The zero-order valence-corrected chi connectivity index (χ0v) is 34.3. The van der Waals surface area contributed by atoms with Crippen LogP contribution in [0, 0.1) is 0 Å². The van der Waals surface area contributed by atoms with Gasteiger partial charge in [0.1, 0.15) is 17.1 Å². The molecule has 0 aliphatic carbocycles. The molecule has 278 valence electrons. The molecule has 0 unspecified atom stereocenters. The molecule has 51 heavy (non-hydrogen) atoms. The number of carbonyl (C=O) groups excluding carboxylic acids is 2. The predicted molar refractivity (Wildman–Crippen MR) is 210 cm³/mol. The number of nitrogens with zero attached hydrogens (tertiary/aromatic N) is 6. The molecular formula is C38H56N8O3S2. The van der Waals surface area contributed by atoms with Crippen molar-refractivity contribution in [1.82, 2.24) is 29.7 Å². The summed E-state index contributed by atoms with van der Waals surface area (Å²) in [6.45, 7) is 27.4. The summed E-state index contributed by atoms with van der Waals surface area (Å²) >= 11 is 3.17. The first kappa shape index (κ1) is 42.9. The third-order valence-electron chi connectivity index (χ3n) is 6.99. The van der Waals surface area contributed by atoms with Crippen LogP contribution in [0.25, 0.3) is 0 Å². The second-order valence-electron chi connectivity index (χ2n) is 15.6. The van der Waals surface area contributed by atoms with Crippen LogP contribution < -0.4 is 11.1 Å². The Hall–Kier alpha value is -4.23. The number of anilines is 2. The van der Waals surface area contributed by atoms with Gasteiger partial charge < -0.3 is 20.0 Å². The Labute approximate surface area is 311 Å². The fourth-order valence-corrected chi connectivity index (χ4v) is 5.83. The number of ketones is 1. The summed E-state index contributed by atoms with van der Waals surface area (Å²) in [7, 11) is 2.02. The van der Waals surface area contributed by atoms with Gasteiger partial charge >= 0.3 is 0 Å². The van der Waals surface area contributed by atoms with Gasteiger partial charge in [0.2, 0.25) is 5.13 Å².